The first-order valence-electron chi connectivity index (χ1n) is 3.49. The maximum Gasteiger partial charge on any atom is 0.179 e. The maximum absolute atomic E-state index is 5.26. The lowest BCUT2D eigenvalue weighted by Gasteiger charge is -2.06. The fraction of sp³-hybridized carbons (Fsp3) is 0.375. The van der Waals surface area contributed by atoms with Gasteiger partial charge in [-0.25, -0.2) is 0 Å². The number of aromatic nitrogens is 1. The molecule has 11 heavy (non-hydrogen) atoms. The number of nitrogens with zero attached hydrogens (tertiary/aromatic N) is 1. The summed E-state index contributed by atoms with van der Waals surface area (Å²) in [6, 6.07) is 1.78. The Hall–Kier alpha value is -1.25. The number of methoxy groups -OCH3 is 1. The van der Waals surface area contributed by atoms with Gasteiger partial charge in [-0.2, -0.15) is 0 Å². The van der Waals surface area contributed by atoms with Crippen LogP contribution in [0, 0.1) is 0 Å². The van der Waals surface area contributed by atoms with Gasteiger partial charge in [-0.3, -0.25) is 4.98 Å². The van der Waals surface area contributed by atoms with Gasteiger partial charge < -0.3 is 9.47 Å². The van der Waals surface area contributed by atoms with Crippen molar-refractivity contribution in [3.63, 3.8) is 0 Å². The summed E-state index contributed by atoms with van der Waals surface area (Å²) in [6.45, 7) is 2.57. The quantitative estimate of drug-likeness (QED) is 0.659. The van der Waals surface area contributed by atoms with Crippen LogP contribution in [-0.4, -0.2) is 18.7 Å². The third-order valence-electron chi connectivity index (χ3n) is 1.27. The highest BCUT2D eigenvalue weighted by atomic mass is 16.5. The summed E-state index contributed by atoms with van der Waals surface area (Å²) >= 11 is 0. The van der Waals surface area contributed by atoms with Crippen molar-refractivity contribution in [1.29, 1.82) is 0 Å². The maximum atomic E-state index is 5.26. The molecule has 1 aromatic rings. The number of hydrogen-bond acceptors (Lipinski definition) is 3. The van der Waals surface area contributed by atoms with Gasteiger partial charge in [-0.15, -0.1) is 0 Å². The van der Waals surface area contributed by atoms with Crippen LogP contribution in [0.5, 0.6) is 11.5 Å². The van der Waals surface area contributed by atoms with Gasteiger partial charge >= 0.3 is 0 Å². The first-order valence-corrected chi connectivity index (χ1v) is 3.49. The highest BCUT2D eigenvalue weighted by Crippen LogP contribution is 2.23. The molecular weight excluding hydrogens is 142 g/mol. The van der Waals surface area contributed by atoms with E-state index in [-0.39, 0.29) is 0 Å². The Morgan fingerprint density at radius 1 is 1.45 bits per heavy atom. The highest BCUT2D eigenvalue weighted by Gasteiger charge is 2.00. The van der Waals surface area contributed by atoms with Gasteiger partial charge in [0.05, 0.1) is 19.9 Å². The van der Waals surface area contributed by atoms with Crippen LogP contribution in [-0.2, 0) is 0 Å². The van der Waals surface area contributed by atoms with Gasteiger partial charge in [-0.1, -0.05) is 0 Å². The summed E-state index contributed by atoms with van der Waals surface area (Å²) < 4.78 is 10.3. The Kier molecular flexibility index (Phi) is 2.72. The van der Waals surface area contributed by atoms with Crippen LogP contribution in [0.15, 0.2) is 18.5 Å². The van der Waals surface area contributed by atoms with Crippen molar-refractivity contribution >= 4 is 0 Å². The predicted octanol–water partition coefficient (Wildman–Crippen LogP) is 1.49. The lowest BCUT2D eigenvalue weighted by molar-refractivity contribution is 0.310. The molecule has 0 atom stereocenters. The predicted molar refractivity (Wildman–Crippen MR) is 42.0 cm³/mol. The van der Waals surface area contributed by atoms with Crippen LogP contribution in [0.3, 0.4) is 0 Å². The summed E-state index contributed by atoms with van der Waals surface area (Å²) in [5.74, 6) is 1.42. The van der Waals surface area contributed by atoms with Crippen molar-refractivity contribution in [3.05, 3.63) is 18.5 Å². The van der Waals surface area contributed by atoms with E-state index in [1.807, 2.05) is 6.92 Å². The molecule has 0 aliphatic rings. The molecule has 3 nitrogen and oxygen atoms in total. The lowest BCUT2D eigenvalue weighted by atomic mass is 10.4. The summed E-state index contributed by atoms with van der Waals surface area (Å²) in [5, 5.41) is 0. The molecule has 0 N–H and O–H groups in total. The molecule has 0 aliphatic carbocycles. The zero-order valence-electron chi connectivity index (χ0n) is 6.70. The molecule has 0 radical (unpaired) electrons. The van der Waals surface area contributed by atoms with Gasteiger partial charge in [-0.05, 0) is 6.92 Å². The molecule has 1 aromatic heterocycles. The Labute approximate surface area is 66.0 Å². The Bertz CT molecular complexity index is 225. The van der Waals surface area contributed by atoms with Gasteiger partial charge in [0.2, 0.25) is 0 Å². The molecule has 0 saturated heterocycles. The van der Waals surface area contributed by atoms with E-state index in [1.165, 1.54) is 0 Å². The van der Waals surface area contributed by atoms with Crippen molar-refractivity contribution < 1.29 is 9.47 Å². The van der Waals surface area contributed by atoms with Crippen molar-refractivity contribution in [1.82, 2.24) is 4.98 Å². The van der Waals surface area contributed by atoms with Crippen LogP contribution in [0.2, 0.25) is 0 Å². The average molecular weight is 153 g/mol. The SMILES string of the molecule is CCOc1ccncc1OC. The second-order valence-corrected chi connectivity index (χ2v) is 1.96. The topological polar surface area (TPSA) is 31.4 Å². The van der Waals surface area contributed by atoms with Crippen molar-refractivity contribution in [2.45, 2.75) is 6.92 Å². The molecule has 0 amide bonds. The second kappa shape index (κ2) is 3.81. The fourth-order valence-corrected chi connectivity index (χ4v) is 0.795. The molecule has 1 rings (SSSR count). The Morgan fingerprint density at radius 2 is 2.27 bits per heavy atom. The molecule has 0 aliphatic heterocycles. The van der Waals surface area contributed by atoms with E-state index in [2.05, 4.69) is 4.98 Å². The van der Waals surface area contributed by atoms with E-state index in [9.17, 15) is 0 Å². The van der Waals surface area contributed by atoms with Gasteiger partial charge in [0.25, 0.3) is 0 Å². The largest absolute Gasteiger partial charge is 0.491 e. The number of ether oxygens (including phenoxy) is 2. The number of rotatable bonds is 3. The van der Waals surface area contributed by atoms with Crippen molar-refractivity contribution in [3.8, 4) is 11.5 Å². The van der Waals surface area contributed by atoms with Crippen LogP contribution >= 0.6 is 0 Å². The zero-order valence-corrected chi connectivity index (χ0v) is 6.70. The monoisotopic (exact) mass is 153 g/mol. The van der Waals surface area contributed by atoms with E-state index in [0.717, 1.165) is 5.75 Å². The molecule has 0 unspecified atom stereocenters. The van der Waals surface area contributed by atoms with Crippen LogP contribution in [0.4, 0.5) is 0 Å². The highest BCUT2D eigenvalue weighted by molar-refractivity contribution is 5.36. The van der Waals surface area contributed by atoms with Gasteiger partial charge in [0.1, 0.15) is 0 Å². The summed E-state index contributed by atoms with van der Waals surface area (Å²) in [5.41, 5.74) is 0. The van der Waals surface area contributed by atoms with Crippen LogP contribution in [0.25, 0.3) is 0 Å². The van der Waals surface area contributed by atoms with E-state index in [1.54, 1.807) is 25.6 Å². The normalized spacial score (nSPS) is 9.27. The van der Waals surface area contributed by atoms with Crippen LogP contribution < -0.4 is 9.47 Å². The van der Waals surface area contributed by atoms with Crippen molar-refractivity contribution in [2.75, 3.05) is 13.7 Å². The molecule has 1 heterocycles. The van der Waals surface area contributed by atoms with E-state index < -0.39 is 0 Å². The van der Waals surface area contributed by atoms with E-state index in [4.69, 9.17) is 9.47 Å². The molecule has 0 aromatic carbocycles. The zero-order chi connectivity index (χ0) is 8.10. The van der Waals surface area contributed by atoms with Gasteiger partial charge in [0.15, 0.2) is 11.5 Å². The molecule has 60 valence electrons. The Balaban J connectivity index is 2.83. The van der Waals surface area contributed by atoms with Crippen molar-refractivity contribution in [2.24, 2.45) is 0 Å². The number of hydrogen-bond donors (Lipinski definition) is 0. The molecule has 0 bridgehead atoms. The van der Waals surface area contributed by atoms with E-state index >= 15 is 0 Å². The summed E-state index contributed by atoms with van der Waals surface area (Å²) in [6.07, 6.45) is 3.30. The fourth-order valence-electron chi connectivity index (χ4n) is 0.795. The minimum absolute atomic E-state index is 0.639. The van der Waals surface area contributed by atoms with Gasteiger partial charge in [0, 0.05) is 12.3 Å². The number of pyridine rings is 1. The first kappa shape index (κ1) is 7.85. The minimum atomic E-state index is 0.639. The Morgan fingerprint density at radius 3 is 2.91 bits per heavy atom. The summed E-state index contributed by atoms with van der Waals surface area (Å²) in [7, 11) is 1.60. The molecular formula is C8H11NO2. The molecule has 3 heteroatoms. The molecule has 0 spiro atoms. The first-order chi connectivity index (χ1) is 5.38. The smallest absolute Gasteiger partial charge is 0.179 e. The third kappa shape index (κ3) is 1.83. The lowest BCUT2D eigenvalue weighted by Crippen LogP contribution is -1.95. The van der Waals surface area contributed by atoms with E-state index in [0.29, 0.717) is 12.4 Å². The van der Waals surface area contributed by atoms with Crippen LogP contribution in [0.1, 0.15) is 6.92 Å². The standard InChI is InChI=1S/C8H11NO2/c1-3-11-7-4-5-9-6-8(7)10-2/h4-6H,3H2,1-2H3. The second-order valence-electron chi connectivity index (χ2n) is 1.96. The molecule has 0 fully saturated rings. The third-order valence-corrected chi connectivity index (χ3v) is 1.27. The summed E-state index contributed by atoms with van der Waals surface area (Å²) in [4.78, 5) is 3.89. The minimum Gasteiger partial charge on any atom is -0.491 e. The average Bonchev–Trinajstić information content (AvgIpc) is 2.06. The molecule has 0 saturated carbocycles.